The number of rotatable bonds is 7. The highest BCUT2D eigenvalue weighted by Crippen LogP contribution is 2.39. The van der Waals surface area contributed by atoms with Gasteiger partial charge in [-0.3, -0.25) is 4.79 Å². The van der Waals surface area contributed by atoms with Crippen LogP contribution < -0.4 is 10.6 Å². The molecule has 1 heterocycles. The van der Waals surface area contributed by atoms with Gasteiger partial charge in [-0.25, -0.2) is 4.79 Å². The quantitative estimate of drug-likeness (QED) is 0.204. The number of aromatic nitrogens is 2. The Bertz CT molecular complexity index is 1530. The summed E-state index contributed by atoms with van der Waals surface area (Å²) in [7, 11) is 0. The van der Waals surface area contributed by atoms with E-state index in [9.17, 15) is 14.7 Å². The molecule has 0 bridgehead atoms. The Morgan fingerprint density at radius 2 is 1.72 bits per heavy atom. The van der Waals surface area contributed by atoms with Crippen LogP contribution in [0.1, 0.15) is 59.3 Å². The van der Waals surface area contributed by atoms with Gasteiger partial charge in [0.05, 0.1) is 21.4 Å². The third-order valence-electron chi connectivity index (χ3n) is 7.04. The first kappa shape index (κ1) is 26.8. The van der Waals surface area contributed by atoms with Crippen molar-refractivity contribution in [1.29, 1.82) is 0 Å². The Morgan fingerprint density at radius 3 is 2.38 bits per heavy atom. The van der Waals surface area contributed by atoms with Crippen LogP contribution in [0.2, 0.25) is 10.0 Å². The SMILES string of the molecule is CCc1ccc(C(=O)Nc2ccc(O)c(-c3cc(C4CCC4)n(C(=O)NCc4ccc(Cl)c(Cl)c4)n3)c2)cc1. The third-order valence-corrected chi connectivity index (χ3v) is 7.77. The third kappa shape index (κ3) is 5.95. The molecule has 4 aromatic rings. The molecule has 3 aromatic carbocycles. The van der Waals surface area contributed by atoms with Crippen molar-refractivity contribution in [1.82, 2.24) is 15.1 Å². The number of anilines is 1. The highest BCUT2D eigenvalue weighted by Gasteiger charge is 2.27. The maximum atomic E-state index is 13.2. The molecule has 0 atom stereocenters. The number of phenolic OH excluding ortho intramolecular Hbond substituents is 1. The summed E-state index contributed by atoms with van der Waals surface area (Å²) in [4.78, 5) is 26.0. The van der Waals surface area contributed by atoms with E-state index in [0.29, 0.717) is 32.6 Å². The number of hydrogen-bond donors (Lipinski definition) is 3. The van der Waals surface area contributed by atoms with Crippen molar-refractivity contribution < 1.29 is 14.7 Å². The largest absolute Gasteiger partial charge is 0.507 e. The van der Waals surface area contributed by atoms with Crippen molar-refractivity contribution in [2.24, 2.45) is 0 Å². The van der Waals surface area contributed by atoms with Gasteiger partial charge in [-0.05, 0) is 78.9 Å². The minimum atomic E-state index is -0.381. The summed E-state index contributed by atoms with van der Waals surface area (Å²) in [6, 6.07) is 18.9. The first-order chi connectivity index (χ1) is 18.8. The summed E-state index contributed by atoms with van der Waals surface area (Å²) < 4.78 is 1.37. The summed E-state index contributed by atoms with van der Waals surface area (Å²) in [5.74, 6) is -0.0453. The lowest BCUT2D eigenvalue weighted by Gasteiger charge is -2.25. The van der Waals surface area contributed by atoms with Gasteiger partial charge in [0.2, 0.25) is 0 Å². The maximum absolute atomic E-state index is 13.2. The first-order valence-electron chi connectivity index (χ1n) is 12.9. The number of amides is 2. The lowest BCUT2D eigenvalue weighted by atomic mass is 9.82. The molecule has 2 amide bonds. The Balaban J connectivity index is 1.38. The van der Waals surface area contributed by atoms with Crippen LogP contribution in [0.25, 0.3) is 11.3 Å². The zero-order valence-electron chi connectivity index (χ0n) is 21.4. The minimum Gasteiger partial charge on any atom is -0.507 e. The summed E-state index contributed by atoms with van der Waals surface area (Å²) in [5.41, 5.74) is 4.66. The van der Waals surface area contributed by atoms with E-state index in [1.165, 1.54) is 10.7 Å². The molecule has 0 unspecified atom stereocenters. The van der Waals surface area contributed by atoms with Crippen LogP contribution in [0, 0.1) is 0 Å². The number of hydrogen-bond acceptors (Lipinski definition) is 4. The first-order valence-corrected chi connectivity index (χ1v) is 13.6. The molecule has 1 aliphatic rings. The lowest BCUT2D eigenvalue weighted by Crippen LogP contribution is -2.31. The molecule has 200 valence electrons. The zero-order valence-corrected chi connectivity index (χ0v) is 22.9. The Hall–Kier alpha value is -3.81. The number of nitrogens with zero attached hydrogens (tertiary/aromatic N) is 2. The van der Waals surface area contributed by atoms with E-state index in [1.807, 2.05) is 18.2 Å². The fourth-order valence-corrected chi connectivity index (χ4v) is 4.82. The second kappa shape index (κ2) is 11.5. The van der Waals surface area contributed by atoms with Gasteiger partial charge in [0.1, 0.15) is 5.75 Å². The van der Waals surface area contributed by atoms with Gasteiger partial charge in [0.25, 0.3) is 5.91 Å². The predicted octanol–water partition coefficient (Wildman–Crippen LogP) is 7.40. The highest BCUT2D eigenvalue weighted by atomic mass is 35.5. The van der Waals surface area contributed by atoms with Gasteiger partial charge in [0.15, 0.2) is 0 Å². The number of aromatic hydroxyl groups is 1. The zero-order chi connectivity index (χ0) is 27.5. The van der Waals surface area contributed by atoms with Gasteiger partial charge < -0.3 is 15.7 Å². The van der Waals surface area contributed by atoms with E-state index in [2.05, 4.69) is 22.7 Å². The fourth-order valence-electron chi connectivity index (χ4n) is 4.50. The molecule has 3 N–H and O–H groups in total. The van der Waals surface area contributed by atoms with Gasteiger partial charge in [-0.1, -0.05) is 54.7 Å². The topological polar surface area (TPSA) is 96.2 Å². The Kier molecular flexibility index (Phi) is 7.91. The molecule has 39 heavy (non-hydrogen) atoms. The van der Waals surface area contributed by atoms with Crippen LogP contribution in [-0.4, -0.2) is 26.8 Å². The van der Waals surface area contributed by atoms with Crippen LogP contribution in [-0.2, 0) is 13.0 Å². The van der Waals surface area contributed by atoms with Gasteiger partial charge in [-0.2, -0.15) is 9.78 Å². The van der Waals surface area contributed by atoms with Crippen LogP contribution in [0.4, 0.5) is 10.5 Å². The molecule has 1 aromatic heterocycles. The van der Waals surface area contributed by atoms with E-state index < -0.39 is 0 Å². The normalized spacial score (nSPS) is 13.1. The molecular formula is C30H28Cl2N4O3. The Labute approximate surface area is 236 Å². The fraction of sp³-hybridized carbons (Fsp3) is 0.233. The van der Waals surface area contributed by atoms with Crippen LogP contribution in [0.5, 0.6) is 5.75 Å². The average molecular weight is 563 g/mol. The molecule has 9 heteroatoms. The van der Waals surface area contributed by atoms with E-state index in [1.54, 1.807) is 42.5 Å². The number of benzene rings is 3. The summed E-state index contributed by atoms with van der Waals surface area (Å²) >= 11 is 12.1. The molecule has 5 rings (SSSR count). The molecule has 1 saturated carbocycles. The number of carbonyl (C=O) groups excluding carboxylic acids is 2. The molecule has 1 fully saturated rings. The average Bonchev–Trinajstić information content (AvgIpc) is 3.33. The van der Waals surface area contributed by atoms with E-state index >= 15 is 0 Å². The van der Waals surface area contributed by atoms with Crippen LogP contribution >= 0.6 is 23.2 Å². The second-order valence-corrected chi connectivity index (χ2v) is 10.5. The van der Waals surface area contributed by atoms with E-state index in [0.717, 1.165) is 42.5 Å². The van der Waals surface area contributed by atoms with Crippen molar-refractivity contribution in [3.8, 4) is 17.0 Å². The molecule has 0 aliphatic heterocycles. The predicted molar refractivity (Wildman–Crippen MR) is 154 cm³/mol. The summed E-state index contributed by atoms with van der Waals surface area (Å²) in [6.45, 7) is 2.31. The standard InChI is InChI=1S/C30H28Cl2N4O3/c1-2-18-6-9-21(10-7-18)29(38)34-22-11-13-28(37)23(15-22)26-16-27(20-4-3-5-20)36(35-26)30(39)33-17-19-8-12-24(31)25(32)14-19/h6-16,20,37H,2-5,17H2,1H3,(H,33,39)(H,34,38). The van der Waals surface area contributed by atoms with Gasteiger partial charge in [-0.15, -0.1) is 0 Å². The van der Waals surface area contributed by atoms with Gasteiger partial charge >= 0.3 is 6.03 Å². The summed E-state index contributed by atoms with van der Waals surface area (Å²) in [5, 5.41) is 21.9. The number of phenols is 1. The molecule has 0 spiro atoms. The second-order valence-electron chi connectivity index (χ2n) is 9.64. The molecular weight excluding hydrogens is 535 g/mol. The lowest BCUT2D eigenvalue weighted by molar-refractivity contribution is 0.102. The van der Waals surface area contributed by atoms with Crippen molar-refractivity contribution in [3.05, 3.63) is 99.2 Å². The molecule has 7 nitrogen and oxygen atoms in total. The van der Waals surface area contributed by atoms with E-state index in [-0.39, 0.29) is 30.2 Å². The number of halogens is 2. The monoisotopic (exact) mass is 562 g/mol. The Morgan fingerprint density at radius 1 is 0.974 bits per heavy atom. The molecule has 0 radical (unpaired) electrons. The van der Waals surface area contributed by atoms with E-state index in [4.69, 9.17) is 23.2 Å². The smallest absolute Gasteiger partial charge is 0.342 e. The van der Waals surface area contributed by atoms with Crippen molar-refractivity contribution in [3.63, 3.8) is 0 Å². The van der Waals surface area contributed by atoms with Gasteiger partial charge in [0, 0.05) is 29.3 Å². The number of carbonyl (C=O) groups is 2. The number of aryl methyl sites for hydroxylation is 1. The molecule has 1 aliphatic carbocycles. The van der Waals surface area contributed by atoms with Crippen molar-refractivity contribution in [2.75, 3.05) is 5.32 Å². The molecule has 0 saturated heterocycles. The van der Waals surface area contributed by atoms with Crippen LogP contribution in [0.3, 0.4) is 0 Å². The number of nitrogens with one attached hydrogen (secondary N) is 2. The highest BCUT2D eigenvalue weighted by molar-refractivity contribution is 6.42. The maximum Gasteiger partial charge on any atom is 0.342 e. The van der Waals surface area contributed by atoms with Crippen molar-refractivity contribution >= 4 is 40.8 Å². The summed E-state index contributed by atoms with van der Waals surface area (Å²) in [6.07, 6.45) is 3.91. The minimum absolute atomic E-state index is 0.00122. The van der Waals surface area contributed by atoms with Crippen LogP contribution in [0.15, 0.2) is 66.7 Å². The van der Waals surface area contributed by atoms with Crippen molar-refractivity contribution in [2.45, 2.75) is 45.1 Å².